The summed E-state index contributed by atoms with van der Waals surface area (Å²) in [6.45, 7) is -0.931. The van der Waals surface area contributed by atoms with Crippen molar-refractivity contribution in [3.05, 3.63) is 12.7 Å². The number of aliphatic hydroxyl groups excluding tert-OH is 2. The topological polar surface area (TPSA) is 241 Å². The maximum Gasteiger partial charge on any atom is 3.00 e. The van der Waals surface area contributed by atoms with E-state index >= 15 is 0 Å². The molecule has 3 rings (SSSR count). The smallest absolute Gasteiger partial charge is 0.790 e. The summed E-state index contributed by atoms with van der Waals surface area (Å²) in [5.41, 5.74) is 6.04. The van der Waals surface area contributed by atoms with Crippen LogP contribution < -0.4 is 20.4 Å². The monoisotopic (exact) mass is 476 g/mol. The van der Waals surface area contributed by atoms with Gasteiger partial charge in [-0.2, -0.15) is 0 Å². The summed E-state index contributed by atoms with van der Waals surface area (Å²) in [6.07, 6.45) is -3.48. The number of hydrogen-bond donors (Lipinski definition) is 3. The van der Waals surface area contributed by atoms with Gasteiger partial charge >= 0.3 is 17.4 Å². The number of anilines is 1. The number of fused-ring (bicyclic) bond motifs is 1. The summed E-state index contributed by atoms with van der Waals surface area (Å²) in [6, 6.07) is 0. The first kappa shape index (κ1) is 23.3. The molecule has 0 spiro atoms. The molecular formula is C10H12CrN5O10P2. The van der Waals surface area contributed by atoms with Gasteiger partial charge in [-0.05, 0) is 0 Å². The third-order valence-corrected chi connectivity index (χ3v) is 5.66. The fourth-order valence-corrected chi connectivity index (χ4v) is 3.96. The Bertz CT molecular complexity index is 938. The number of nitrogen functional groups attached to an aromatic ring is 1. The number of nitrogens with zero attached hydrogens (tertiary/aromatic N) is 4. The van der Waals surface area contributed by atoms with Gasteiger partial charge in [0.15, 0.2) is 17.7 Å². The van der Waals surface area contributed by atoms with Gasteiger partial charge < -0.3 is 44.5 Å². The Morgan fingerprint density at radius 1 is 1.21 bits per heavy atom. The molecule has 28 heavy (non-hydrogen) atoms. The van der Waals surface area contributed by atoms with Crippen LogP contribution >= 0.6 is 15.6 Å². The number of phosphoric acid groups is 2. The molecule has 1 saturated heterocycles. The number of ether oxygens (including phenoxy) is 1. The van der Waals surface area contributed by atoms with Crippen LogP contribution in [0.1, 0.15) is 6.23 Å². The van der Waals surface area contributed by atoms with Crippen molar-refractivity contribution in [1.82, 2.24) is 19.5 Å². The Kier molecular flexibility index (Phi) is 7.00. The van der Waals surface area contributed by atoms with Crippen LogP contribution in [0.15, 0.2) is 12.7 Å². The Morgan fingerprint density at radius 3 is 2.54 bits per heavy atom. The van der Waals surface area contributed by atoms with Crippen LogP contribution in [0, 0.1) is 0 Å². The molecule has 15 nitrogen and oxygen atoms in total. The first-order valence-corrected chi connectivity index (χ1v) is 10.0. The first-order valence-electron chi connectivity index (χ1n) is 7.12. The van der Waals surface area contributed by atoms with Crippen molar-refractivity contribution in [3.63, 3.8) is 0 Å². The molecule has 1 fully saturated rings. The second kappa shape index (κ2) is 8.41. The van der Waals surface area contributed by atoms with E-state index in [1.165, 1.54) is 10.9 Å². The van der Waals surface area contributed by atoms with E-state index in [0.717, 1.165) is 6.33 Å². The van der Waals surface area contributed by atoms with E-state index in [4.69, 9.17) is 10.5 Å². The van der Waals surface area contributed by atoms with Crippen LogP contribution in [0.4, 0.5) is 5.82 Å². The van der Waals surface area contributed by atoms with Crippen LogP contribution in [-0.4, -0.2) is 54.7 Å². The number of aliphatic hydroxyl groups is 2. The third kappa shape index (κ3) is 4.95. The molecule has 1 aliphatic heterocycles. The van der Waals surface area contributed by atoms with E-state index in [1.54, 1.807) is 0 Å². The molecule has 1 radical (unpaired) electrons. The zero-order valence-electron chi connectivity index (χ0n) is 13.5. The molecule has 0 bridgehead atoms. The van der Waals surface area contributed by atoms with Crippen molar-refractivity contribution >= 4 is 32.6 Å². The Balaban J connectivity index is 0.00000280. The summed E-state index contributed by atoms with van der Waals surface area (Å²) in [7, 11) is -11.4. The minimum atomic E-state index is -5.85. The molecule has 2 aromatic rings. The molecule has 0 aromatic carbocycles. The second-order valence-electron chi connectivity index (χ2n) is 5.40. The summed E-state index contributed by atoms with van der Waals surface area (Å²) in [5.74, 6) is 0.0655. The van der Waals surface area contributed by atoms with Crippen LogP contribution in [0.3, 0.4) is 0 Å². The maximum absolute atomic E-state index is 11.3. The van der Waals surface area contributed by atoms with Crippen LogP contribution in [0.2, 0.25) is 0 Å². The van der Waals surface area contributed by atoms with Gasteiger partial charge in [-0.3, -0.25) is 13.4 Å². The van der Waals surface area contributed by atoms with E-state index in [-0.39, 0.29) is 34.3 Å². The summed E-state index contributed by atoms with van der Waals surface area (Å²) in [4.78, 5) is 43.7. The molecule has 0 amide bonds. The Morgan fingerprint density at radius 2 is 1.89 bits per heavy atom. The second-order valence-corrected chi connectivity index (χ2v) is 8.10. The van der Waals surface area contributed by atoms with Crippen molar-refractivity contribution in [2.24, 2.45) is 0 Å². The molecule has 0 aliphatic carbocycles. The quantitative estimate of drug-likeness (QED) is 0.341. The zero-order valence-corrected chi connectivity index (χ0v) is 16.6. The standard InChI is InChI=1S/C10H15N5O10P2.Cr/c11-8-5-9(13-2-12-8)15(3-14-5)10-7(17)6(16)4(24-10)1-23-27(21,22)25-26(18,19)20;/h2-4,6-7,10,16-17H,1H2,(H,21,22)(H2,11,12,13)(H2,18,19,20);/q;+3/p-3. The molecule has 5 atom stereocenters. The van der Waals surface area contributed by atoms with Crippen LogP contribution in [0.25, 0.3) is 11.2 Å². The van der Waals surface area contributed by atoms with Gasteiger partial charge in [0.1, 0.15) is 30.2 Å². The molecule has 1 aliphatic rings. The van der Waals surface area contributed by atoms with Gasteiger partial charge in [-0.15, -0.1) is 0 Å². The van der Waals surface area contributed by atoms with Gasteiger partial charge in [0.2, 0.25) is 0 Å². The molecule has 2 aromatic heterocycles. The van der Waals surface area contributed by atoms with Crippen molar-refractivity contribution in [2.45, 2.75) is 24.5 Å². The minimum Gasteiger partial charge on any atom is -0.790 e. The molecule has 0 saturated carbocycles. The van der Waals surface area contributed by atoms with Crippen molar-refractivity contribution in [3.8, 4) is 0 Å². The number of aromatic nitrogens is 4. The number of nitrogens with two attached hydrogens (primary N) is 1. The van der Waals surface area contributed by atoms with E-state index in [1.807, 2.05) is 0 Å². The molecule has 3 heterocycles. The average molecular weight is 476 g/mol. The summed E-state index contributed by atoms with van der Waals surface area (Å²) < 4.78 is 35.7. The van der Waals surface area contributed by atoms with Gasteiger partial charge in [0.25, 0.3) is 7.82 Å². The van der Waals surface area contributed by atoms with Crippen molar-refractivity contribution < 1.29 is 65.0 Å². The summed E-state index contributed by atoms with van der Waals surface area (Å²) in [5, 5.41) is 20.2. The van der Waals surface area contributed by atoms with Gasteiger partial charge in [0, 0.05) is 0 Å². The number of rotatable bonds is 6. The van der Waals surface area contributed by atoms with E-state index in [9.17, 15) is 34.0 Å². The maximum atomic E-state index is 11.3. The van der Waals surface area contributed by atoms with E-state index in [2.05, 4.69) is 23.8 Å². The molecular weight excluding hydrogens is 464 g/mol. The van der Waals surface area contributed by atoms with Crippen molar-refractivity contribution in [2.75, 3.05) is 12.3 Å². The van der Waals surface area contributed by atoms with Crippen molar-refractivity contribution in [1.29, 1.82) is 0 Å². The SMILES string of the molecule is Nc1ncnc2c1ncn2C1OC(COP(=O)([O-])OP(=O)([O-])[O-])C(O)C1O.[Cr+3]. The van der Waals surface area contributed by atoms with Gasteiger partial charge in [-0.1, -0.05) is 0 Å². The Hall–Kier alpha value is -0.978. The first-order chi connectivity index (χ1) is 12.5. The third-order valence-electron chi connectivity index (χ3n) is 3.60. The molecule has 5 unspecified atom stereocenters. The summed E-state index contributed by atoms with van der Waals surface area (Å²) >= 11 is 0. The average Bonchev–Trinajstić information content (AvgIpc) is 3.07. The number of imidazole rings is 1. The Labute approximate surface area is 167 Å². The number of hydrogen-bond acceptors (Lipinski definition) is 14. The predicted molar refractivity (Wildman–Crippen MR) is 77.9 cm³/mol. The fourth-order valence-electron chi connectivity index (χ4n) is 2.46. The van der Waals surface area contributed by atoms with E-state index < -0.39 is 46.8 Å². The van der Waals surface area contributed by atoms with Crippen LogP contribution in [0.5, 0.6) is 0 Å². The predicted octanol–water partition coefficient (Wildman–Crippen LogP) is -3.64. The fraction of sp³-hybridized carbons (Fsp3) is 0.500. The van der Waals surface area contributed by atoms with Gasteiger partial charge in [-0.25, -0.2) is 15.0 Å². The minimum absolute atomic E-state index is 0. The zero-order chi connectivity index (χ0) is 20.0. The van der Waals surface area contributed by atoms with Crippen LogP contribution in [-0.2, 0) is 40.1 Å². The molecule has 18 heteroatoms. The number of phosphoric ester groups is 1. The van der Waals surface area contributed by atoms with Gasteiger partial charge in [0.05, 0.1) is 20.8 Å². The molecule has 4 N–H and O–H groups in total. The largest absolute Gasteiger partial charge is 3.00 e. The normalized spacial score (nSPS) is 27.5. The van der Waals surface area contributed by atoms with E-state index in [0.29, 0.717) is 0 Å². The molecule has 153 valence electrons.